The molecule has 0 unspecified atom stereocenters. The van der Waals surface area contributed by atoms with Crippen LogP contribution in [-0.2, 0) is 17.8 Å². The first-order valence-corrected chi connectivity index (χ1v) is 11.3. The summed E-state index contributed by atoms with van der Waals surface area (Å²) in [5.41, 5.74) is 1.64. The standard InChI is InChI=1S/C23H26N4O3S/c1-29-20-12-6-5-11-19(20)22(28)24-14-21-25-26-23(31-16-18-10-7-13-30-18)27(21)15-17-8-3-2-4-9-17/h2-6,8-9,11-12,18H,7,10,13-16H2,1H3,(H,24,28)/t18-/m0/s1. The highest BCUT2D eigenvalue weighted by Crippen LogP contribution is 2.24. The third-order valence-electron chi connectivity index (χ3n) is 5.16. The van der Waals surface area contributed by atoms with Gasteiger partial charge in [-0.05, 0) is 30.5 Å². The molecule has 0 saturated carbocycles. The number of rotatable bonds is 9. The zero-order chi connectivity index (χ0) is 21.5. The van der Waals surface area contributed by atoms with Gasteiger partial charge in [0.1, 0.15) is 5.75 Å². The molecular weight excluding hydrogens is 412 g/mol. The lowest BCUT2D eigenvalue weighted by atomic mass is 10.2. The Morgan fingerprint density at radius 2 is 2.00 bits per heavy atom. The number of hydrogen-bond donors (Lipinski definition) is 1. The Bertz CT molecular complexity index is 1000. The predicted octanol–water partition coefficient (Wildman–Crippen LogP) is 3.54. The Morgan fingerprint density at radius 1 is 1.19 bits per heavy atom. The van der Waals surface area contributed by atoms with Gasteiger partial charge in [-0.2, -0.15) is 0 Å². The Balaban J connectivity index is 1.49. The molecular formula is C23H26N4O3S. The number of amides is 1. The molecule has 1 aromatic heterocycles. The minimum atomic E-state index is -0.208. The third-order valence-corrected chi connectivity index (χ3v) is 6.26. The second-order valence-corrected chi connectivity index (χ2v) is 8.29. The van der Waals surface area contributed by atoms with E-state index in [1.54, 1.807) is 31.0 Å². The Morgan fingerprint density at radius 3 is 2.77 bits per heavy atom. The summed E-state index contributed by atoms with van der Waals surface area (Å²) in [6.45, 7) is 1.75. The van der Waals surface area contributed by atoms with Crippen molar-refractivity contribution >= 4 is 17.7 Å². The lowest BCUT2D eigenvalue weighted by molar-refractivity contribution is 0.0946. The van der Waals surface area contributed by atoms with Crippen molar-refractivity contribution in [3.63, 3.8) is 0 Å². The summed E-state index contributed by atoms with van der Waals surface area (Å²) in [5, 5.41) is 12.6. The summed E-state index contributed by atoms with van der Waals surface area (Å²) in [4.78, 5) is 12.7. The van der Waals surface area contributed by atoms with Gasteiger partial charge in [0.25, 0.3) is 5.91 Å². The zero-order valence-electron chi connectivity index (χ0n) is 17.5. The fourth-order valence-corrected chi connectivity index (χ4v) is 4.53. The molecule has 3 aromatic rings. The van der Waals surface area contributed by atoms with E-state index in [-0.39, 0.29) is 18.6 Å². The van der Waals surface area contributed by atoms with Gasteiger partial charge >= 0.3 is 0 Å². The van der Waals surface area contributed by atoms with Gasteiger partial charge in [0.05, 0.1) is 31.9 Å². The van der Waals surface area contributed by atoms with E-state index in [0.717, 1.165) is 35.9 Å². The Labute approximate surface area is 186 Å². The van der Waals surface area contributed by atoms with E-state index in [4.69, 9.17) is 9.47 Å². The van der Waals surface area contributed by atoms with E-state index >= 15 is 0 Å². The highest BCUT2D eigenvalue weighted by atomic mass is 32.2. The monoisotopic (exact) mass is 438 g/mol. The minimum Gasteiger partial charge on any atom is -0.496 e. The number of benzene rings is 2. The van der Waals surface area contributed by atoms with Crippen molar-refractivity contribution in [1.29, 1.82) is 0 Å². The van der Waals surface area contributed by atoms with Crippen molar-refractivity contribution in [1.82, 2.24) is 20.1 Å². The number of carbonyl (C=O) groups excluding carboxylic acids is 1. The van der Waals surface area contributed by atoms with E-state index in [2.05, 4.69) is 32.2 Å². The maximum atomic E-state index is 12.7. The normalized spacial score (nSPS) is 15.7. The van der Waals surface area contributed by atoms with Crippen LogP contribution in [0.15, 0.2) is 59.8 Å². The van der Waals surface area contributed by atoms with Gasteiger partial charge in [0.2, 0.25) is 0 Å². The molecule has 1 saturated heterocycles. The molecule has 0 bridgehead atoms. The maximum Gasteiger partial charge on any atom is 0.255 e. The second-order valence-electron chi connectivity index (χ2n) is 7.30. The van der Waals surface area contributed by atoms with Crippen LogP contribution in [0.3, 0.4) is 0 Å². The largest absolute Gasteiger partial charge is 0.496 e. The van der Waals surface area contributed by atoms with Crippen LogP contribution in [-0.4, -0.2) is 46.2 Å². The van der Waals surface area contributed by atoms with Crippen LogP contribution >= 0.6 is 11.8 Å². The highest BCUT2D eigenvalue weighted by molar-refractivity contribution is 7.99. The summed E-state index contributed by atoms with van der Waals surface area (Å²) in [5.74, 6) is 1.89. The van der Waals surface area contributed by atoms with Crippen molar-refractivity contribution in [2.45, 2.75) is 37.2 Å². The summed E-state index contributed by atoms with van der Waals surface area (Å²) < 4.78 is 13.1. The van der Waals surface area contributed by atoms with Crippen molar-refractivity contribution in [3.05, 3.63) is 71.5 Å². The number of aromatic nitrogens is 3. The van der Waals surface area contributed by atoms with Crippen molar-refractivity contribution < 1.29 is 14.3 Å². The summed E-state index contributed by atoms with van der Waals surface area (Å²) in [7, 11) is 1.56. The van der Waals surface area contributed by atoms with Gasteiger partial charge in [-0.3, -0.25) is 4.79 Å². The summed E-state index contributed by atoms with van der Waals surface area (Å²) in [6, 6.07) is 17.3. The number of hydrogen-bond acceptors (Lipinski definition) is 6. The topological polar surface area (TPSA) is 78.3 Å². The molecule has 1 aliphatic heterocycles. The quantitative estimate of drug-likeness (QED) is 0.515. The van der Waals surface area contributed by atoms with E-state index < -0.39 is 0 Å². The van der Waals surface area contributed by atoms with E-state index in [1.165, 1.54) is 0 Å². The molecule has 1 N–H and O–H groups in total. The first-order chi connectivity index (χ1) is 15.2. The van der Waals surface area contributed by atoms with Crippen LogP contribution in [0.1, 0.15) is 34.6 Å². The number of nitrogens with zero attached hydrogens (tertiary/aromatic N) is 3. The number of carbonyl (C=O) groups is 1. The van der Waals surface area contributed by atoms with Crippen molar-refractivity contribution in [3.8, 4) is 5.75 Å². The number of nitrogens with one attached hydrogen (secondary N) is 1. The average molecular weight is 439 g/mol. The molecule has 1 amide bonds. The first kappa shape index (κ1) is 21.4. The Kier molecular flexibility index (Phi) is 7.22. The second kappa shape index (κ2) is 10.5. The molecule has 2 aromatic carbocycles. The van der Waals surface area contributed by atoms with Crippen LogP contribution in [0.25, 0.3) is 0 Å². The van der Waals surface area contributed by atoms with Gasteiger partial charge in [0, 0.05) is 12.4 Å². The highest BCUT2D eigenvalue weighted by Gasteiger charge is 2.20. The molecule has 1 fully saturated rings. The zero-order valence-corrected chi connectivity index (χ0v) is 18.3. The fraction of sp³-hybridized carbons (Fsp3) is 0.348. The number of thioether (sulfide) groups is 1. The van der Waals surface area contributed by atoms with Crippen LogP contribution in [0.2, 0.25) is 0 Å². The number of para-hydroxylation sites is 1. The van der Waals surface area contributed by atoms with E-state index in [9.17, 15) is 4.79 Å². The smallest absolute Gasteiger partial charge is 0.255 e. The molecule has 7 nitrogen and oxygen atoms in total. The molecule has 0 aliphatic carbocycles. The van der Waals surface area contributed by atoms with E-state index in [0.29, 0.717) is 23.7 Å². The van der Waals surface area contributed by atoms with Crippen molar-refractivity contribution in [2.75, 3.05) is 19.5 Å². The predicted molar refractivity (Wildman–Crippen MR) is 119 cm³/mol. The summed E-state index contributed by atoms with van der Waals surface area (Å²) in [6.07, 6.45) is 2.46. The van der Waals surface area contributed by atoms with Gasteiger partial charge in [-0.1, -0.05) is 54.2 Å². The van der Waals surface area contributed by atoms with Gasteiger partial charge in [-0.25, -0.2) is 0 Å². The minimum absolute atomic E-state index is 0.208. The molecule has 2 heterocycles. The van der Waals surface area contributed by atoms with Crippen LogP contribution in [0.4, 0.5) is 0 Å². The van der Waals surface area contributed by atoms with E-state index in [1.807, 2.05) is 30.3 Å². The fourth-order valence-electron chi connectivity index (χ4n) is 3.51. The van der Waals surface area contributed by atoms with Gasteiger partial charge in [-0.15, -0.1) is 10.2 Å². The van der Waals surface area contributed by atoms with Crippen LogP contribution in [0, 0.1) is 0 Å². The summed E-state index contributed by atoms with van der Waals surface area (Å²) >= 11 is 1.65. The molecule has 1 aliphatic rings. The van der Waals surface area contributed by atoms with Crippen molar-refractivity contribution in [2.24, 2.45) is 0 Å². The van der Waals surface area contributed by atoms with Crippen LogP contribution < -0.4 is 10.1 Å². The molecule has 0 spiro atoms. The molecule has 162 valence electrons. The Hall–Kier alpha value is -2.84. The first-order valence-electron chi connectivity index (χ1n) is 10.4. The average Bonchev–Trinajstić information content (AvgIpc) is 3.47. The molecule has 4 rings (SSSR count). The molecule has 8 heteroatoms. The molecule has 1 atom stereocenters. The SMILES string of the molecule is COc1ccccc1C(=O)NCc1nnc(SC[C@@H]2CCCO2)n1Cc1ccccc1. The number of methoxy groups -OCH3 is 1. The number of ether oxygens (including phenoxy) is 2. The lowest BCUT2D eigenvalue weighted by Crippen LogP contribution is -2.25. The third kappa shape index (κ3) is 5.45. The van der Waals surface area contributed by atoms with Gasteiger partial charge in [0.15, 0.2) is 11.0 Å². The lowest BCUT2D eigenvalue weighted by Gasteiger charge is -2.13. The maximum absolute atomic E-state index is 12.7. The van der Waals surface area contributed by atoms with Crippen LogP contribution in [0.5, 0.6) is 5.75 Å². The van der Waals surface area contributed by atoms with Gasteiger partial charge < -0.3 is 19.4 Å². The molecule has 0 radical (unpaired) electrons. The molecule has 31 heavy (non-hydrogen) atoms.